The van der Waals surface area contributed by atoms with E-state index in [0.29, 0.717) is 0 Å². The third-order valence-electron chi connectivity index (χ3n) is 5.03. The largest absolute Gasteiger partial charge is 0.383 e. The molecule has 2 rings (SSSR count). The van der Waals surface area contributed by atoms with Crippen molar-refractivity contribution in [2.24, 2.45) is 4.99 Å². The number of likely N-dealkylation sites (N-methyl/N-ethyl adjacent to an activating group) is 1. The summed E-state index contributed by atoms with van der Waals surface area (Å²) in [6, 6.07) is 6.59. The molecule has 6 nitrogen and oxygen atoms in total. The zero-order valence-corrected chi connectivity index (χ0v) is 20.4. The number of rotatable bonds is 8. The summed E-state index contributed by atoms with van der Waals surface area (Å²) in [6.07, 6.45) is 1.17. The highest BCUT2D eigenvalue weighted by atomic mass is 127. The van der Waals surface area contributed by atoms with Crippen LogP contribution in [-0.2, 0) is 9.47 Å². The van der Waals surface area contributed by atoms with Crippen molar-refractivity contribution in [2.45, 2.75) is 26.4 Å². The Morgan fingerprint density at radius 2 is 2.14 bits per heavy atom. The molecule has 0 aromatic heterocycles. The Bertz CT molecular complexity index is 612. The lowest BCUT2D eigenvalue weighted by Crippen LogP contribution is -2.48. The third kappa shape index (κ3) is 7.85. The van der Waals surface area contributed by atoms with Gasteiger partial charge in [0.2, 0.25) is 0 Å². The molecule has 28 heavy (non-hydrogen) atoms. The fourth-order valence-corrected chi connectivity index (χ4v) is 3.46. The van der Waals surface area contributed by atoms with E-state index in [1.54, 1.807) is 7.11 Å². The zero-order chi connectivity index (χ0) is 19.6. The molecule has 0 bridgehead atoms. The van der Waals surface area contributed by atoms with Gasteiger partial charge in [0.15, 0.2) is 5.96 Å². The third-order valence-corrected chi connectivity index (χ3v) is 5.03. The average Bonchev–Trinajstić information content (AvgIpc) is 2.66. The predicted molar refractivity (Wildman–Crippen MR) is 127 cm³/mol. The van der Waals surface area contributed by atoms with Gasteiger partial charge in [-0.1, -0.05) is 23.8 Å². The molecule has 0 aliphatic carbocycles. The fourth-order valence-electron chi connectivity index (χ4n) is 3.46. The number of aryl methyl sites for hydroxylation is 2. The Morgan fingerprint density at radius 3 is 2.82 bits per heavy atom. The monoisotopic (exact) mass is 504 g/mol. The lowest BCUT2D eigenvalue weighted by Gasteiger charge is -2.36. The molecule has 1 aliphatic rings. The first kappa shape index (κ1) is 25.1. The number of hydrogen-bond acceptors (Lipinski definition) is 4. The number of nitrogens with one attached hydrogen (secondary N) is 1. The maximum Gasteiger partial charge on any atom is 0.193 e. The van der Waals surface area contributed by atoms with Crippen LogP contribution < -0.4 is 5.32 Å². The van der Waals surface area contributed by atoms with E-state index in [0.717, 1.165) is 58.3 Å². The molecule has 1 aromatic rings. The number of morpholine rings is 1. The number of nitrogens with zero attached hydrogens (tertiary/aromatic N) is 3. The van der Waals surface area contributed by atoms with E-state index in [1.807, 2.05) is 7.05 Å². The van der Waals surface area contributed by atoms with Crippen LogP contribution in [-0.4, -0.2) is 82.9 Å². The lowest BCUT2D eigenvalue weighted by atomic mass is 10.00. The molecular weight excluding hydrogens is 467 g/mol. The van der Waals surface area contributed by atoms with Crippen LogP contribution in [0, 0.1) is 13.8 Å². The van der Waals surface area contributed by atoms with E-state index in [-0.39, 0.29) is 30.1 Å². The SMILES string of the molecule is CN=C(NCCCN(C)CCOC)N1CCOC(c2ccc(C)cc2C)C1.I. The number of benzene rings is 1. The summed E-state index contributed by atoms with van der Waals surface area (Å²) in [5, 5.41) is 3.51. The number of guanidine groups is 1. The minimum atomic E-state index is 0. The molecule has 0 amide bonds. The van der Waals surface area contributed by atoms with Crippen LogP contribution in [0.3, 0.4) is 0 Å². The minimum Gasteiger partial charge on any atom is -0.383 e. The normalized spacial score (nSPS) is 17.6. The van der Waals surface area contributed by atoms with Crippen LogP contribution in [0.25, 0.3) is 0 Å². The molecule has 1 saturated heterocycles. The summed E-state index contributed by atoms with van der Waals surface area (Å²) in [6.45, 7) is 10.4. The van der Waals surface area contributed by atoms with Crippen molar-refractivity contribution in [3.63, 3.8) is 0 Å². The smallest absolute Gasteiger partial charge is 0.193 e. The molecule has 1 heterocycles. The number of ether oxygens (including phenoxy) is 2. The quantitative estimate of drug-likeness (QED) is 0.256. The second kappa shape index (κ2) is 13.3. The van der Waals surface area contributed by atoms with Crippen LogP contribution in [0.5, 0.6) is 0 Å². The first-order chi connectivity index (χ1) is 13.0. The molecule has 1 fully saturated rings. The van der Waals surface area contributed by atoms with Gasteiger partial charge in [0, 0.05) is 33.8 Å². The average molecular weight is 504 g/mol. The molecular formula is C21H37IN4O2. The molecule has 0 radical (unpaired) electrons. The zero-order valence-electron chi connectivity index (χ0n) is 18.0. The summed E-state index contributed by atoms with van der Waals surface area (Å²) >= 11 is 0. The highest BCUT2D eigenvalue weighted by Gasteiger charge is 2.25. The van der Waals surface area contributed by atoms with Gasteiger partial charge in [0.25, 0.3) is 0 Å². The van der Waals surface area contributed by atoms with E-state index in [2.05, 4.69) is 59.2 Å². The van der Waals surface area contributed by atoms with Crippen molar-refractivity contribution >= 4 is 29.9 Å². The van der Waals surface area contributed by atoms with Crippen LogP contribution in [0.4, 0.5) is 0 Å². The highest BCUT2D eigenvalue weighted by Crippen LogP contribution is 2.25. The number of halogens is 1. The maximum atomic E-state index is 6.06. The summed E-state index contributed by atoms with van der Waals surface area (Å²) < 4.78 is 11.2. The van der Waals surface area contributed by atoms with Gasteiger partial charge in [-0.05, 0) is 45.0 Å². The molecule has 160 valence electrons. The summed E-state index contributed by atoms with van der Waals surface area (Å²) in [7, 11) is 5.73. The van der Waals surface area contributed by atoms with Gasteiger partial charge in [-0.2, -0.15) is 0 Å². The molecule has 1 N–H and O–H groups in total. The van der Waals surface area contributed by atoms with Gasteiger partial charge in [-0.15, -0.1) is 24.0 Å². The van der Waals surface area contributed by atoms with E-state index in [4.69, 9.17) is 9.47 Å². The van der Waals surface area contributed by atoms with Crippen molar-refractivity contribution < 1.29 is 9.47 Å². The Morgan fingerprint density at radius 1 is 1.36 bits per heavy atom. The molecule has 1 aromatic carbocycles. The Hall–Kier alpha value is -0.900. The summed E-state index contributed by atoms with van der Waals surface area (Å²) in [5.41, 5.74) is 3.86. The Labute approximate surface area is 187 Å². The van der Waals surface area contributed by atoms with Gasteiger partial charge in [0.1, 0.15) is 6.10 Å². The van der Waals surface area contributed by atoms with Gasteiger partial charge in [-0.3, -0.25) is 4.99 Å². The Kier molecular flexibility index (Phi) is 12.0. The second-order valence-electron chi connectivity index (χ2n) is 7.29. The van der Waals surface area contributed by atoms with E-state index in [1.165, 1.54) is 16.7 Å². The van der Waals surface area contributed by atoms with Gasteiger partial charge in [-0.25, -0.2) is 0 Å². The summed E-state index contributed by atoms with van der Waals surface area (Å²) in [5.74, 6) is 0.965. The van der Waals surface area contributed by atoms with Crippen LogP contribution in [0.1, 0.15) is 29.2 Å². The number of hydrogen-bond donors (Lipinski definition) is 1. The molecule has 1 unspecified atom stereocenters. The minimum absolute atomic E-state index is 0. The van der Waals surface area contributed by atoms with Gasteiger partial charge in [0.05, 0.1) is 19.8 Å². The van der Waals surface area contributed by atoms with E-state index < -0.39 is 0 Å². The molecule has 1 atom stereocenters. The van der Waals surface area contributed by atoms with Crippen molar-refractivity contribution in [1.29, 1.82) is 0 Å². The topological polar surface area (TPSA) is 49.3 Å². The van der Waals surface area contributed by atoms with Crippen molar-refractivity contribution in [3.8, 4) is 0 Å². The lowest BCUT2D eigenvalue weighted by molar-refractivity contribution is -0.00831. The van der Waals surface area contributed by atoms with Crippen LogP contribution in [0.15, 0.2) is 23.2 Å². The van der Waals surface area contributed by atoms with E-state index >= 15 is 0 Å². The first-order valence-electron chi connectivity index (χ1n) is 9.87. The fraction of sp³-hybridized carbons (Fsp3) is 0.667. The highest BCUT2D eigenvalue weighted by molar-refractivity contribution is 14.0. The second-order valence-corrected chi connectivity index (χ2v) is 7.29. The molecule has 1 aliphatic heterocycles. The predicted octanol–water partition coefficient (Wildman–Crippen LogP) is 2.84. The van der Waals surface area contributed by atoms with Crippen molar-refractivity contribution in [1.82, 2.24) is 15.1 Å². The van der Waals surface area contributed by atoms with Crippen LogP contribution in [0.2, 0.25) is 0 Å². The van der Waals surface area contributed by atoms with Crippen LogP contribution >= 0.6 is 24.0 Å². The standard InChI is InChI=1S/C21H36N4O2.HI/c1-17-7-8-19(18(2)15-17)20-16-25(12-14-27-20)21(22-3)23-9-6-10-24(4)11-13-26-5;/h7-8,15,20H,6,9-14,16H2,1-5H3,(H,22,23);1H. The van der Waals surface area contributed by atoms with Gasteiger partial charge < -0.3 is 24.6 Å². The van der Waals surface area contributed by atoms with Crippen molar-refractivity contribution in [2.75, 3.05) is 67.1 Å². The van der Waals surface area contributed by atoms with Crippen molar-refractivity contribution in [3.05, 3.63) is 34.9 Å². The molecule has 0 spiro atoms. The van der Waals surface area contributed by atoms with Gasteiger partial charge >= 0.3 is 0 Å². The maximum absolute atomic E-state index is 6.06. The Balaban J connectivity index is 0.00000392. The molecule has 0 saturated carbocycles. The van der Waals surface area contributed by atoms with E-state index in [9.17, 15) is 0 Å². The summed E-state index contributed by atoms with van der Waals surface area (Å²) in [4.78, 5) is 9.08. The number of methoxy groups -OCH3 is 1. The molecule has 7 heteroatoms. The number of aliphatic imine (C=N–C) groups is 1. The first-order valence-corrected chi connectivity index (χ1v) is 9.87.